The Balaban J connectivity index is 3.95. The Labute approximate surface area is 70.7 Å². The minimum atomic E-state index is -0.0394. The maximum absolute atomic E-state index is 11.2. The lowest BCUT2D eigenvalue weighted by Gasteiger charge is -2.17. The summed E-state index contributed by atoms with van der Waals surface area (Å²) in [6, 6.07) is 0. The Morgan fingerprint density at radius 2 is 1.80 bits per heavy atom. The molecule has 0 heterocycles. The zero-order chi connectivity index (χ0) is 8.31. The van der Waals surface area contributed by atoms with Crippen molar-refractivity contribution in [2.75, 3.05) is 14.1 Å². The second-order valence-corrected chi connectivity index (χ2v) is 3.86. The normalized spacial score (nSPS) is 13.4. The van der Waals surface area contributed by atoms with E-state index in [1.807, 2.05) is 13.8 Å². The second kappa shape index (κ2) is 3.96. The van der Waals surface area contributed by atoms with Crippen LogP contribution in [0.25, 0.3) is 0 Å². The summed E-state index contributed by atoms with van der Waals surface area (Å²) in [5.41, 5.74) is 0. The molecular weight excluding hydrogens is 194 g/mol. The van der Waals surface area contributed by atoms with Crippen LogP contribution in [-0.2, 0) is 4.79 Å². The molecule has 0 saturated heterocycles. The molecule has 1 atom stereocenters. The van der Waals surface area contributed by atoms with E-state index in [0.29, 0.717) is 5.92 Å². The van der Waals surface area contributed by atoms with Gasteiger partial charge in [-0.15, -0.1) is 0 Å². The number of carbonyl (C=O) groups is 1. The Hall–Kier alpha value is -0.0500. The van der Waals surface area contributed by atoms with Gasteiger partial charge in [0.15, 0.2) is 0 Å². The number of halogens is 1. The van der Waals surface area contributed by atoms with Gasteiger partial charge in [-0.2, -0.15) is 0 Å². The molecule has 2 nitrogen and oxygen atoms in total. The molecule has 0 spiro atoms. The van der Waals surface area contributed by atoms with Gasteiger partial charge in [0.2, 0.25) is 5.91 Å². The number of alkyl halides is 1. The minimum absolute atomic E-state index is 0.0394. The molecule has 0 aromatic heterocycles. The van der Waals surface area contributed by atoms with Crippen LogP contribution < -0.4 is 0 Å². The molecule has 0 bridgehead atoms. The van der Waals surface area contributed by atoms with Crippen LogP contribution in [0, 0.1) is 5.92 Å². The molecule has 0 unspecified atom stereocenters. The number of amides is 1. The first-order valence-electron chi connectivity index (χ1n) is 3.32. The Kier molecular flexibility index (Phi) is 3.94. The third kappa shape index (κ3) is 2.69. The van der Waals surface area contributed by atoms with Gasteiger partial charge >= 0.3 is 0 Å². The van der Waals surface area contributed by atoms with Crippen molar-refractivity contribution in [2.45, 2.75) is 18.7 Å². The molecule has 60 valence electrons. The third-order valence-corrected chi connectivity index (χ3v) is 2.71. The number of hydrogen-bond donors (Lipinski definition) is 0. The molecule has 0 N–H and O–H groups in total. The van der Waals surface area contributed by atoms with E-state index in [2.05, 4.69) is 15.9 Å². The predicted octanol–water partition coefficient (Wildman–Crippen LogP) is 1.49. The van der Waals surface area contributed by atoms with Gasteiger partial charge in [-0.1, -0.05) is 29.8 Å². The van der Waals surface area contributed by atoms with Crippen molar-refractivity contribution in [1.29, 1.82) is 0 Å². The van der Waals surface area contributed by atoms with Gasteiger partial charge < -0.3 is 4.90 Å². The third-order valence-electron chi connectivity index (χ3n) is 1.26. The lowest BCUT2D eigenvalue weighted by atomic mass is 10.1. The zero-order valence-corrected chi connectivity index (χ0v) is 8.47. The SMILES string of the molecule is CC(C)[C@H](Br)C(=O)N(C)C. The Morgan fingerprint density at radius 3 is 1.90 bits per heavy atom. The predicted molar refractivity (Wildman–Crippen MR) is 46.2 cm³/mol. The molecule has 0 aliphatic heterocycles. The van der Waals surface area contributed by atoms with Crippen LogP contribution in [0.15, 0.2) is 0 Å². The van der Waals surface area contributed by atoms with Crippen LogP contribution >= 0.6 is 15.9 Å². The van der Waals surface area contributed by atoms with Gasteiger partial charge in [0.1, 0.15) is 0 Å². The topological polar surface area (TPSA) is 20.3 Å². The molecule has 0 saturated carbocycles. The van der Waals surface area contributed by atoms with E-state index < -0.39 is 0 Å². The highest BCUT2D eigenvalue weighted by atomic mass is 79.9. The fraction of sp³-hybridized carbons (Fsp3) is 0.857. The molecule has 0 aliphatic rings. The monoisotopic (exact) mass is 207 g/mol. The maximum atomic E-state index is 11.2. The lowest BCUT2D eigenvalue weighted by molar-refractivity contribution is -0.128. The standard InChI is InChI=1S/C7H14BrNO/c1-5(2)6(8)7(10)9(3)4/h5-6H,1-4H3/t6-/m0/s1. The molecule has 1 amide bonds. The van der Waals surface area contributed by atoms with Crippen molar-refractivity contribution in [2.24, 2.45) is 5.92 Å². The van der Waals surface area contributed by atoms with Crippen LogP contribution in [0.4, 0.5) is 0 Å². The van der Waals surface area contributed by atoms with Crippen molar-refractivity contribution in [3.8, 4) is 0 Å². The average Bonchev–Trinajstić information content (AvgIpc) is 1.84. The van der Waals surface area contributed by atoms with Crippen molar-refractivity contribution in [3.05, 3.63) is 0 Å². The van der Waals surface area contributed by atoms with Crippen LogP contribution in [0.5, 0.6) is 0 Å². The summed E-state index contributed by atoms with van der Waals surface area (Å²) >= 11 is 3.32. The van der Waals surface area contributed by atoms with Crippen molar-refractivity contribution < 1.29 is 4.79 Å². The Morgan fingerprint density at radius 1 is 1.40 bits per heavy atom. The summed E-state index contributed by atoms with van der Waals surface area (Å²) in [7, 11) is 3.53. The molecule has 0 radical (unpaired) electrons. The number of rotatable bonds is 2. The lowest BCUT2D eigenvalue weighted by Crippen LogP contribution is -2.32. The molecule has 0 aromatic rings. The van der Waals surface area contributed by atoms with E-state index in [9.17, 15) is 4.79 Å². The maximum Gasteiger partial charge on any atom is 0.236 e. The fourth-order valence-corrected chi connectivity index (χ4v) is 0.941. The number of carbonyl (C=O) groups excluding carboxylic acids is 1. The molecule has 0 fully saturated rings. The minimum Gasteiger partial charge on any atom is -0.348 e. The molecular formula is C7H14BrNO. The second-order valence-electron chi connectivity index (χ2n) is 2.88. The number of hydrogen-bond acceptors (Lipinski definition) is 1. The zero-order valence-electron chi connectivity index (χ0n) is 6.89. The fourth-order valence-electron chi connectivity index (χ4n) is 0.532. The van der Waals surface area contributed by atoms with Gasteiger partial charge in [-0.25, -0.2) is 0 Å². The number of nitrogens with zero attached hydrogens (tertiary/aromatic N) is 1. The van der Waals surface area contributed by atoms with Gasteiger partial charge in [0.25, 0.3) is 0 Å². The van der Waals surface area contributed by atoms with E-state index in [0.717, 1.165) is 0 Å². The first kappa shape index (κ1) is 9.95. The molecule has 0 aromatic carbocycles. The summed E-state index contributed by atoms with van der Waals surface area (Å²) in [4.78, 5) is 12.7. The highest BCUT2D eigenvalue weighted by molar-refractivity contribution is 9.10. The highest BCUT2D eigenvalue weighted by Gasteiger charge is 2.19. The van der Waals surface area contributed by atoms with Crippen LogP contribution in [-0.4, -0.2) is 29.7 Å². The summed E-state index contributed by atoms with van der Waals surface area (Å²) in [5.74, 6) is 0.491. The molecule has 3 heteroatoms. The van der Waals surface area contributed by atoms with E-state index in [1.165, 1.54) is 0 Å². The van der Waals surface area contributed by atoms with E-state index >= 15 is 0 Å². The van der Waals surface area contributed by atoms with Gasteiger partial charge in [0, 0.05) is 14.1 Å². The van der Waals surface area contributed by atoms with Gasteiger partial charge in [-0.05, 0) is 5.92 Å². The molecule has 0 aliphatic carbocycles. The van der Waals surface area contributed by atoms with Crippen molar-refractivity contribution in [1.82, 2.24) is 4.90 Å². The summed E-state index contributed by atoms with van der Waals surface area (Å²) in [5, 5.41) is 0. The first-order valence-corrected chi connectivity index (χ1v) is 4.23. The van der Waals surface area contributed by atoms with Crippen molar-refractivity contribution in [3.63, 3.8) is 0 Å². The van der Waals surface area contributed by atoms with Gasteiger partial charge in [-0.3, -0.25) is 4.79 Å². The smallest absolute Gasteiger partial charge is 0.236 e. The van der Waals surface area contributed by atoms with Crippen LogP contribution in [0.2, 0.25) is 0 Å². The molecule has 0 rings (SSSR count). The van der Waals surface area contributed by atoms with Crippen LogP contribution in [0.1, 0.15) is 13.8 Å². The van der Waals surface area contributed by atoms with E-state index in [1.54, 1.807) is 19.0 Å². The summed E-state index contributed by atoms with van der Waals surface area (Å²) in [6.45, 7) is 4.03. The van der Waals surface area contributed by atoms with E-state index in [-0.39, 0.29) is 10.7 Å². The highest BCUT2D eigenvalue weighted by Crippen LogP contribution is 2.13. The Bertz CT molecular complexity index is 123. The summed E-state index contributed by atoms with van der Waals surface area (Å²) < 4.78 is 0. The molecule has 10 heavy (non-hydrogen) atoms. The largest absolute Gasteiger partial charge is 0.348 e. The average molecular weight is 208 g/mol. The van der Waals surface area contributed by atoms with E-state index in [4.69, 9.17) is 0 Å². The quantitative estimate of drug-likeness (QED) is 0.629. The van der Waals surface area contributed by atoms with Crippen LogP contribution in [0.3, 0.4) is 0 Å². The van der Waals surface area contributed by atoms with Crippen molar-refractivity contribution >= 4 is 21.8 Å². The van der Waals surface area contributed by atoms with Gasteiger partial charge in [0.05, 0.1) is 4.83 Å². The first-order chi connectivity index (χ1) is 4.46. The summed E-state index contributed by atoms with van der Waals surface area (Å²) in [6.07, 6.45) is 0.